The fourth-order valence-electron chi connectivity index (χ4n) is 1.56. The summed E-state index contributed by atoms with van der Waals surface area (Å²) in [6, 6.07) is 15.3. The number of methoxy groups -OCH3 is 1. The number of hydrogen-bond donors (Lipinski definition) is 3. The van der Waals surface area contributed by atoms with Gasteiger partial charge in [-0.25, -0.2) is 0 Å². The van der Waals surface area contributed by atoms with Crippen molar-refractivity contribution < 1.29 is 4.74 Å². The predicted octanol–water partition coefficient (Wildman–Crippen LogP) is 3.77. The summed E-state index contributed by atoms with van der Waals surface area (Å²) in [5, 5.41) is 3.56. The number of hydrazine groups is 1. The summed E-state index contributed by atoms with van der Waals surface area (Å²) in [7, 11) is 1.63. The second-order valence-electron chi connectivity index (χ2n) is 3.95. The van der Waals surface area contributed by atoms with E-state index in [0.717, 1.165) is 21.6 Å². The maximum Gasteiger partial charge on any atom is 0.189 e. The molecular weight excluding hydrogens is 338 g/mol. The summed E-state index contributed by atoms with van der Waals surface area (Å²) in [5.74, 6) is 0.780. The van der Waals surface area contributed by atoms with Gasteiger partial charge in [-0.05, 0) is 42.5 Å². The zero-order valence-corrected chi connectivity index (χ0v) is 13.2. The molecule has 2 rings (SSSR count). The fourth-order valence-corrected chi connectivity index (χ4v) is 2.13. The lowest BCUT2D eigenvalue weighted by Crippen LogP contribution is -2.33. The van der Waals surface area contributed by atoms with Gasteiger partial charge in [-0.2, -0.15) is 0 Å². The van der Waals surface area contributed by atoms with Crippen molar-refractivity contribution in [1.82, 2.24) is 5.43 Å². The molecule has 20 heavy (non-hydrogen) atoms. The minimum absolute atomic E-state index is 0.478. The van der Waals surface area contributed by atoms with Gasteiger partial charge in [-0.3, -0.25) is 10.9 Å². The van der Waals surface area contributed by atoms with E-state index in [1.807, 2.05) is 48.5 Å². The van der Waals surface area contributed by atoms with Crippen molar-refractivity contribution in [2.24, 2.45) is 0 Å². The molecule has 0 aliphatic carbocycles. The molecule has 0 heterocycles. The van der Waals surface area contributed by atoms with Gasteiger partial charge >= 0.3 is 0 Å². The molecule has 104 valence electrons. The highest BCUT2D eigenvalue weighted by Gasteiger charge is 1.99. The molecule has 0 spiro atoms. The Bertz CT molecular complexity index is 606. The standard InChI is InChI=1S/C14H14BrN3OS/c1-19-13-7-3-6-12(9-13)17-18-14(20)16-11-5-2-4-10(15)8-11/h2-9,17H,1H3,(H2,16,18,20). The van der Waals surface area contributed by atoms with Crippen LogP contribution in [0.3, 0.4) is 0 Å². The molecule has 3 N–H and O–H groups in total. The summed E-state index contributed by atoms with van der Waals surface area (Å²) in [6.07, 6.45) is 0. The normalized spacial score (nSPS) is 9.70. The van der Waals surface area contributed by atoms with Gasteiger partial charge in [0, 0.05) is 16.2 Å². The van der Waals surface area contributed by atoms with Crippen LogP contribution in [-0.2, 0) is 0 Å². The number of nitrogens with one attached hydrogen (secondary N) is 3. The summed E-state index contributed by atoms with van der Waals surface area (Å²) in [5.41, 5.74) is 7.70. The molecule has 0 unspecified atom stereocenters. The van der Waals surface area contributed by atoms with Crippen molar-refractivity contribution >= 4 is 44.6 Å². The maximum absolute atomic E-state index is 5.21. The number of benzene rings is 2. The molecule has 4 nitrogen and oxygen atoms in total. The van der Waals surface area contributed by atoms with E-state index in [1.165, 1.54) is 0 Å². The van der Waals surface area contributed by atoms with Crippen molar-refractivity contribution in [2.75, 3.05) is 17.9 Å². The minimum Gasteiger partial charge on any atom is -0.497 e. The van der Waals surface area contributed by atoms with Crippen molar-refractivity contribution in [3.05, 3.63) is 53.0 Å². The Morgan fingerprint density at radius 3 is 2.60 bits per heavy atom. The lowest BCUT2D eigenvalue weighted by molar-refractivity contribution is 0.415. The molecule has 0 atom stereocenters. The van der Waals surface area contributed by atoms with Crippen LogP contribution in [-0.4, -0.2) is 12.2 Å². The largest absolute Gasteiger partial charge is 0.497 e. The lowest BCUT2D eigenvalue weighted by atomic mass is 10.3. The zero-order chi connectivity index (χ0) is 14.4. The Balaban J connectivity index is 1.88. The molecule has 0 fully saturated rings. The first kappa shape index (κ1) is 14.6. The van der Waals surface area contributed by atoms with Gasteiger partial charge in [0.1, 0.15) is 5.75 Å². The number of rotatable bonds is 4. The van der Waals surface area contributed by atoms with Crippen LogP contribution in [0.15, 0.2) is 53.0 Å². The van der Waals surface area contributed by atoms with Crippen LogP contribution in [0.4, 0.5) is 11.4 Å². The third kappa shape index (κ3) is 4.40. The number of ether oxygens (including phenoxy) is 1. The van der Waals surface area contributed by atoms with Crippen LogP contribution < -0.4 is 20.9 Å². The fraction of sp³-hybridized carbons (Fsp3) is 0.0714. The monoisotopic (exact) mass is 351 g/mol. The highest BCUT2D eigenvalue weighted by Crippen LogP contribution is 2.17. The van der Waals surface area contributed by atoms with Crippen LogP contribution in [0.5, 0.6) is 5.75 Å². The van der Waals surface area contributed by atoms with E-state index in [1.54, 1.807) is 7.11 Å². The molecule has 0 saturated carbocycles. The topological polar surface area (TPSA) is 45.3 Å². The van der Waals surface area contributed by atoms with Gasteiger partial charge in [0.15, 0.2) is 5.11 Å². The predicted molar refractivity (Wildman–Crippen MR) is 90.1 cm³/mol. The highest BCUT2D eigenvalue weighted by molar-refractivity contribution is 9.10. The van der Waals surface area contributed by atoms with Gasteiger partial charge in [-0.1, -0.05) is 28.1 Å². The van der Waals surface area contributed by atoms with Crippen LogP contribution in [0.25, 0.3) is 0 Å². The first-order valence-corrected chi connectivity index (χ1v) is 7.10. The average molecular weight is 352 g/mol. The van der Waals surface area contributed by atoms with Crippen molar-refractivity contribution in [3.8, 4) is 5.75 Å². The third-order valence-electron chi connectivity index (χ3n) is 2.47. The first-order valence-electron chi connectivity index (χ1n) is 5.90. The third-order valence-corrected chi connectivity index (χ3v) is 3.17. The Morgan fingerprint density at radius 2 is 1.85 bits per heavy atom. The van der Waals surface area contributed by atoms with Crippen molar-refractivity contribution in [2.45, 2.75) is 0 Å². The number of hydrogen-bond acceptors (Lipinski definition) is 3. The lowest BCUT2D eigenvalue weighted by Gasteiger charge is -2.13. The Hall–Kier alpha value is -1.79. The molecule has 0 radical (unpaired) electrons. The van der Waals surface area contributed by atoms with Crippen LogP contribution in [0.1, 0.15) is 0 Å². The quantitative estimate of drug-likeness (QED) is 0.578. The average Bonchev–Trinajstić information content (AvgIpc) is 2.45. The van der Waals surface area contributed by atoms with Gasteiger partial charge in [0.05, 0.1) is 12.8 Å². The smallest absolute Gasteiger partial charge is 0.189 e. The van der Waals surface area contributed by atoms with Crippen LogP contribution in [0, 0.1) is 0 Å². The van der Waals surface area contributed by atoms with E-state index in [0.29, 0.717) is 5.11 Å². The van der Waals surface area contributed by atoms with E-state index in [2.05, 4.69) is 32.1 Å². The van der Waals surface area contributed by atoms with Crippen molar-refractivity contribution in [1.29, 1.82) is 0 Å². The van der Waals surface area contributed by atoms with Gasteiger partial charge in [-0.15, -0.1) is 0 Å². The van der Waals surface area contributed by atoms with E-state index >= 15 is 0 Å². The SMILES string of the molecule is COc1cccc(NNC(=S)Nc2cccc(Br)c2)c1. The summed E-state index contributed by atoms with van der Waals surface area (Å²) in [6.45, 7) is 0. The van der Waals surface area contributed by atoms with Crippen LogP contribution >= 0.6 is 28.1 Å². The van der Waals surface area contributed by atoms with Gasteiger partial charge in [0.2, 0.25) is 0 Å². The second-order valence-corrected chi connectivity index (χ2v) is 5.27. The van der Waals surface area contributed by atoms with E-state index in [9.17, 15) is 0 Å². The van der Waals surface area contributed by atoms with Crippen molar-refractivity contribution in [3.63, 3.8) is 0 Å². The molecule has 0 aromatic heterocycles. The van der Waals surface area contributed by atoms with E-state index in [-0.39, 0.29) is 0 Å². The maximum atomic E-state index is 5.21. The molecule has 0 aliphatic heterocycles. The number of anilines is 2. The number of thiocarbonyl (C=S) groups is 1. The Morgan fingerprint density at radius 1 is 1.10 bits per heavy atom. The van der Waals surface area contributed by atoms with Crippen LogP contribution in [0.2, 0.25) is 0 Å². The summed E-state index contributed by atoms with van der Waals surface area (Å²) in [4.78, 5) is 0. The molecule has 0 aliphatic rings. The summed E-state index contributed by atoms with van der Waals surface area (Å²) < 4.78 is 6.14. The summed E-state index contributed by atoms with van der Waals surface area (Å²) >= 11 is 8.62. The molecule has 0 saturated heterocycles. The van der Waals surface area contributed by atoms with E-state index < -0.39 is 0 Å². The van der Waals surface area contributed by atoms with Gasteiger partial charge in [0.25, 0.3) is 0 Å². The molecule has 0 bridgehead atoms. The number of halogens is 1. The molecule has 6 heteroatoms. The molecule has 2 aromatic rings. The van der Waals surface area contributed by atoms with Gasteiger partial charge < -0.3 is 10.1 Å². The molecule has 2 aromatic carbocycles. The highest BCUT2D eigenvalue weighted by atomic mass is 79.9. The van der Waals surface area contributed by atoms with E-state index in [4.69, 9.17) is 17.0 Å². The molecule has 0 amide bonds. The minimum atomic E-state index is 0.478. The molecular formula is C14H14BrN3OS. The zero-order valence-electron chi connectivity index (χ0n) is 10.8. The second kappa shape index (κ2) is 7.12. The Kier molecular flexibility index (Phi) is 5.20. The Labute approximate surface area is 131 Å². The first-order chi connectivity index (χ1) is 9.67.